The van der Waals surface area contributed by atoms with Gasteiger partial charge in [0.15, 0.2) is 0 Å². The van der Waals surface area contributed by atoms with Crippen molar-refractivity contribution in [3.8, 4) is 0 Å². The first kappa shape index (κ1) is 26.7. The standard InChI is InChI=1S/C19H32N4O7S/c1-10(2)15(20)17(27)22-12(9-14(24)25)16(26)21-11(6-8-31-3)18(28)23-7-4-5-13(23)19(29)30/h10-13,15H,4-9,20H2,1-3H3,(H,21,26)(H,22,27)(H,24,25)(H,29,30). The summed E-state index contributed by atoms with van der Waals surface area (Å²) in [5.74, 6) is -4.18. The summed E-state index contributed by atoms with van der Waals surface area (Å²) >= 11 is 1.44. The molecule has 31 heavy (non-hydrogen) atoms. The predicted octanol–water partition coefficient (Wildman–Crippen LogP) is -0.757. The molecule has 1 saturated heterocycles. The zero-order chi connectivity index (χ0) is 23.7. The van der Waals surface area contributed by atoms with Gasteiger partial charge < -0.3 is 31.5 Å². The van der Waals surface area contributed by atoms with E-state index in [1.54, 1.807) is 13.8 Å². The van der Waals surface area contributed by atoms with Gasteiger partial charge in [-0.25, -0.2) is 4.79 Å². The molecule has 4 unspecified atom stereocenters. The summed E-state index contributed by atoms with van der Waals surface area (Å²) in [5, 5.41) is 23.3. The van der Waals surface area contributed by atoms with Gasteiger partial charge in [-0.3, -0.25) is 19.2 Å². The number of likely N-dealkylation sites (tertiary alicyclic amines) is 1. The maximum atomic E-state index is 13.0. The van der Waals surface area contributed by atoms with Crippen molar-refractivity contribution in [1.82, 2.24) is 15.5 Å². The molecule has 1 rings (SSSR count). The summed E-state index contributed by atoms with van der Waals surface area (Å²) in [5.41, 5.74) is 5.77. The van der Waals surface area contributed by atoms with Crippen molar-refractivity contribution in [3.63, 3.8) is 0 Å². The molecular formula is C19H32N4O7S. The fourth-order valence-electron chi connectivity index (χ4n) is 3.21. The number of carboxylic acid groups (broad SMARTS) is 2. The Morgan fingerprint density at radius 1 is 1.10 bits per heavy atom. The minimum Gasteiger partial charge on any atom is -0.481 e. The minimum atomic E-state index is -1.42. The lowest BCUT2D eigenvalue weighted by Gasteiger charge is -2.28. The van der Waals surface area contributed by atoms with Crippen molar-refractivity contribution in [3.05, 3.63) is 0 Å². The largest absolute Gasteiger partial charge is 0.481 e. The second kappa shape index (κ2) is 12.5. The topological polar surface area (TPSA) is 179 Å². The Hall–Kier alpha value is -2.34. The summed E-state index contributed by atoms with van der Waals surface area (Å²) in [6, 6.07) is -4.35. The summed E-state index contributed by atoms with van der Waals surface area (Å²) < 4.78 is 0. The second-order valence-corrected chi connectivity index (χ2v) is 8.78. The number of hydrogen-bond acceptors (Lipinski definition) is 7. The van der Waals surface area contributed by atoms with Gasteiger partial charge in [0.1, 0.15) is 18.1 Å². The third kappa shape index (κ3) is 8.02. The Morgan fingerprint density at radius 2 is 1.71 bits per heavy atom. The quantitative estimate of drug-likeness (QED) is 0.250. The number of carbonyl (C=O) groups excluding carboxylic acids is 3. The first-order chi connectivity index (χ1) is 14.5. The van der Waals surface area contributed by atoms with E-state index in [0.29, 0.717) is 18.6 Å². The number of hydrogen-bond donors (Lipinski definition) is 5. The summed E-state index contributed by atoms with van der Waals surface area (Å²) in [4.78, 5) is 61.9. The molecule has 3 amide bonds. The number of rotatable bonds is 12. The fraction of sp³-hybridized carbons (Fsp3) is 0.737. The summed E-state index contributed by atoms with van der Waals surface area (Å²) in [6.45, 7) is 3.69. The zero-order valence-corrected chi connectivity index (χ0v) is 18.8. The maximum Gasteiger partial charge on any atom is 0.326 e. The highest BCUT2D eigenvalue weighted by Crippen LogP contribution is 2.20. The second-order valence-electron chi connectivity index (χ2n) is 7.80. The van der Waals surface area contributed by atoms with Crippen molar-refractivity contribution < 1.29 is 34.2 Å². The molecule has 12 heteroatoms. The lowest BCUT2D eigenvalue weighted by molar-refractivity contribution is -0.149. The van der Waals surface area contributed by atoms with E-state index in [2.05, 4.69) is 10.6 Å². The van der Waals surface area contributed by atoms with Crippen LogP contribution in [0.15, 0.2) is 0 Å². The van der Waals surface area contributed by atoms with Crippen LogP contribution in [0.4, 0.5) is 0 Å². The van der Waals surface area contributed by atoms with Gasteiger partial charge in [0, 0.05) is 6.54 Å². The van der Waals surface area contributed by atoms with Gasteiger partial charge in [-0.05, 0) is 37.2 Å². The molecule has 0 spiro atoms. The Balaban J connectivity index is 2.99. The van der Waals surface area contributed by atoms with Crippen molar-refractivity contribution >= 4 is 41.4 Å². The number of nitrogens with two attached hydrogens (primary N) is 1. The highest BCUT2D eigenvalue weighted by atomic mass is 32.2. The lowest BCUT2D eigenvalue weighted by Crippen LogP contribution is -2.58. The molecule has 1 aliphatic rings. The van der Waals surface area contributed by atoms with Crippen LogP contribution < -0.4 is 16.4 Å². The van der Waals surface area contributed by atoms with E-state index in [-0.39, 0.29) is 18.9 Å². The van der Waals surface area contributed by atoms with Gasteiger partial charge in [0.05, 0.1) is 12.5 Å². The number of amides is 3. The van der Waals surface area contributed by atoms with Crippen LogP contribution in [0.3, 0.4) is 0 Å². The molecule has 0 aromatic heterocycles. The van der Waals surface area contributed by atoms with Crippen LogP contribution in [-0.2, 0) is 24.0 Å². The third-order valence-corrected chi connectivity index (χ3v) is 5.72. The first-order valence-electron chi connectivity index (χ1n) is 10.1. The van der Waals surface area contributed by atoms with Crippen molar-refractivity contribution in [1.29, 1.82) is 0 Å². The molecule has 6 N–H and O–H groups in total. The summed E-state index contributed by atoms with van der Waals surface area (Å²) in [7, 11) is 0. The van der Waals surface area contributed by atoms with Crippen molar-refractivity contribution in [2.45, 2.75) is 63.7 Å². The molecule has 0 saturated carbocycles. The first-order valence-corrected chi connectivity index (χ1v) is 11.5. The van der Waals surface area contributed by atoms with Crippen LogP contribution in [0.5, 0.6) is 0 Å². The van der Waals surface area contributed by atoms with E-state index in [9.17, 15) is 29.1 Å². The highest BCUT2D eigenvalue weighted by molar-refractivity contribution is 7.98. The summed E-state index contributed by atoms with van der Waals surface area (Å²) in [6.07, 6.45) is 2.23. The van der Waals surface area contributed by atoms with E-state index in [1.807, 2.05) is 6.26 Å². The number of nitrogens with one attached hydrogen (secondary N) is 2. The Labute approximate surface area is 185 Å². The van der Waals surface area contributed by atoms with Gasteiger partial charge in [-0.15, -0.1) is 0 Å². The molecule has 1 aliphatic heterocycles. The molecule has 1 heterocycles. The fourth-order valence-corrected chi connectivity index (χ4v) is 3.68. The van der Waals surface area contributed by atoms with E-state index in [1.165, 1.54) is 16.7 Å². The van der Waals surface area contributed by atoms with Crippen LogP contribution in [-0.4, -0.2) is 87.5 Å². The van der Waals surface area contributed by atoms with Crippen molar-refractivity contribution in [2.75, 3.05) is 18.6 Å². The van der Waals surface area contributed by atoms with Gasteiger partial charge in [0.25, 0.3) is 0 Å². The molecule has 1 fully saturated rings. The highest BCUT2D eigenvalue weighted by Gasteiger charge is 2.38. The van der Waals surface area contributed by atoms with Crippen LogP contribution >= 0.6 is 11.8 Å². The average molecular weight is 461 g/mol. The van der Waals surface area contributed by atoms with Gasteiger partial charge in [-0.2, -0.15) is 11.8 Å². The number of carboxylic acids is 2. The molecule has 0 aromatic carbocycles. The molecule has 0 aromatic rings. The van der Waals surface area contributed by atoms with Gasteiger partial charge >= 0.3 is 11.9 Å². The molecule has 0 aliphatic carbocycles. The number of thioether (sulfide) groups is 1. The monoisotopic (exact) mass is 460 g/mol. The van der Waals surface area contributed by atoms with Crippen LogP contribution in [0, 0.1) is 5.92 Å². The van der Waals surface area contributed by atoms with E-state index in [0.717, 1.165) is 0 Å². The molecule has 0 radical (unpaired) electrons. The van der Waals surface area contributed by atoms with Crippen LogP contribution in [0.25, 0.3) is 0 Å². The van der Waals surface area contributed by atoms with E-state index < -0.39 is 60.2 Å². The Morgan fingerprint density at radius 3 is 2.23 bits per heavy atom. The number of aliphatic carboxylic acids is 2. The maximum absolute atomic E-state index is 13.0. The lowest BCUT2D eigenvalue weighted by atomic mass is 10.0. The zero-order valence-electron chi connectivity index (χ0n) is 18.0. The molecule has 0 bridgehead atoms. The number of nitrogens with zero attached hydrogens (tertiary/aromatic N) is 1. The molecular weight excluding hydrogens is 428 g/mol. The Kier molecular flexibility index (Phi) is 10.8. The third-order valence-electron chi connectivity index (χ3n) is 5.08. The predicted molar refractivity (Wildman–Crippen MR) is 114 cm³/mol. The normalized spacial score (nSPS) is 18.9. The van der Waals surface area contributed by atoms with E-state index in [4.69, 9.17) is 10.8 Å². The SMILES string of the molecule is CSCCC(NC(=O)C(CC(=O)O)NC(=O)C(N)C(C)C)C(=O)N1CCCC1C(=O)O. The smallest absolute Gasteiger partial charge is 0.326 e. The average Bonchev–Trinajstić information content (AvgIpc) is 3.18. The minimum absolute atomic E-state index is 0.229. The molecule has 11 nitrogen and oxygen atoms in total. The van der Waals surface area contributed by atoms with Gasteiger partial charge in [-0.1, -0.05) is 13.8 Å². The van der Waals surface area contributed by atoms with Gasteiger partial charge in [0.2, 0.25) is 17.7 Å². The van der Waals surface area contributed by atoms with Crippen LogP contribution in [0.1, 0.15) is 39.5 Å². The van der Waals surface area contributed by atoms with E-state index >= 15 is 0 Å². The van der Waals surface area contributed by atoms with Crippen LogP contribution in [0.2, 0.25) is 0 Å². The number of carbonyl (C=O) groups is 5. The van der Waals surface area contributed by atoms with Crippen molar-refractivity contribution in [2.24, 2.45) is 11.7 Å². The molecule has 176 valence electrons. The molecule has 4 atom stereocenters. The Bertz CT molecular complexity index is 688.